The average Bonchev–Trinajstić information content (AvgIpc) is 2.44. The Hall–Kier alpha value is 0.880. The third-order valence-corrected chi connectivity index (χ3v) is 3.50. The molecule has 0 radical (unpaired) electrons. The summed E-state index contributed by atoms with van der Waals surface area (Å²) in [6, 6.07) is 0. The van der Waals surface area contributed by atoms with Crippen molar-refractivity contribution in [3.8, 4) is 0 Å². The summed E-state index contributed by atoms with van der Waals surface area (Å²) < 4.78 is 0. The molecule has 0 aromatic heterocycles. The molecule has 0 saturated carbocycles. The highest BCUT2D eigenvalue weighted by atomic mass is 79.9. The molecule has 2 nitrogen and oxygen atoms in total. The van der Waals surface area contributed by atoms with E-state index in [1.165, 1.54) is 52.1 Å². The summed E-state index contributed by atoms with van der Waals surface area (Å²) in [5.74, 6) is 0. The van der Waals surface area contributed by atoms with Crippen LogP contribution in [0.15, 0.2) is 0 Å². The van der Waals surface area contributed by atoms with Gasteiger partial charge in [-0.1, -0.05) is 26.7 Å². The number of nitrogens with one attached hydrogen (secondary N) is 2. The van der Waals surface area contributed by atoms with Gasteiger partial charge in [0.25, 0.3) is 0 Å². The van der Waals surface area contributed by atoms with Gasteiger partial charge in [0.1, 0.15) is 0 Å². The lowest BCUT2D eigenvalue weighted by Crippen LogP contribution is -3.11. The van der Waals surface area contributed by atoms with Crippen molar-refractivity contribution in [3.63, 3.8) is 0 Å². The molecule has 0 fully saturated rings. The monoisotopic (exact) mass is 420 g/mol. The van der Waals surface area contributed by atoms with Gasteiger partial charge in [0, 0.05) is 0 Å². The predicted molar refractivity (Wildman–Crippen MR) is 85.8 cm³/mol. The largest absolute Gasteiger partial charge is 1.00 e. The second kappa shape index (κ2) is 32.0. The molecule has 4 heteroatoms. The first-order valence-corrected chi connectivity index (χ1v) is 8.28. The fourth-order valence-corrected chi connectivity index (χ4v) is 1.50. The second-order valence-electron chi connectivity index (χ2n) is 4.62. The van der Waals surface area contributed by atoms with Crippen LogP contribution >= 0.6 is 0 Å². The van der Waals surface area contributed by atoms with E-state index in [0.29, 0.717) is 0 Å². The van der Waals surface area contributed by atoms with Crippen LogP contribution in [0.25, 0.3) is 0 Å². The van der Waals surface area contributed by atoms with E-state index in [4.69, 9.17) is 0 Å². The molecule has 20 heavy (non-hydrogen) atoms. The third kappa shape index (κ3) is 31.3. The van der Waals surface area contributed by atoms with Crippen molar-refractivity contribution in [2.24, 2.45) is 0 Å². The molecular weight excluding hydrogens is 380 g/mol. The zero-order valence-electron chi connectivity index (χ0n) is 15.4. The van der Waals surface area contributed by atoms with E-state index in [0.717, 1.165) is 0 Å². The minimum atomic E-state index is 0. The zero-order chi connectivity index (χ0) is 14.8. The molecule has 0 unspecified atom stereocenters. The Bertz CT molecular complexity index is 92.0. The van der Waals surface area contributed by atoms with Gasteiger partial charge in [0.05, 0.1) is 39.3 Å². The maximum atomic E-state index is 2.22. The van der Waals surface area contributed by atoms with E-state index >= 15 is 0 Å². The molecule has 0 aliphatic rings. The Morgan fingerprint density at radius 3 is 0.550 bits per heavy atom. The van der Waals surface area contributed by atoms with Crippen LogP contribution in [0, 0.1) is 0 Å². The highest BCUT2D eigenvalue weighted by molar-refractivity contribution is 4.13. The average molecular weight is 422 g/mol. The van der Waals surface area contributed by atoms with Gasteiger partial charge in [-0.25, -0.2) is 0 Å². The van der Waals surface area contributed by atoms with Gasteiger partial charge in [-0.2, -0.15) is 0 Å². The summed E-state index contributed by atoms with van der Waals surface area (Å²) in [6.45, 7) is 25.3. The van der Waals surface area contributed by atoms with Crippen molar-refractivity contribution >= 4 is 0 Å². The van der Waals surface area contributed by atoms with Crippen molar-refractivity contribution in [2.45, 2.75) is 68.2 Å². The number of hydrogen-bond acceptors (Lipinski definition) is 0. The number of hydrogen-bond donors (Lipinski definition) is 2. The van der Waals surface area contributed by atoms with Gasteiger partial charge in [-0.15, -0.1) is 0 Å². The summed E-state index contributed by atoms with van der Waals surface area (Å²) in [6.07, 6.45) is 2.64. The van der Waals surface area contributed by atoms with E-state index in [1.807, 2.05) is 0 Å². The summed E-state index contributed by atoms with van der Waals surface area (Å²) in [4.78, 5) is 3.36. The van der Waals surface area contributed by atoms with Crippen LogP contribution in [0.4, 0.5) is 0 Å². The van der Waals surface area contributed by atoms with E-state index in [2.05, 4.69) is 55.4 Å². The SMILES string of the molecule is CCCC.CC[NH+](CC)CC.CC[NH+](CC)CC.[Br-].[Br-]. The topological polar surface area (TPSA) is 8.88 Å². The van der Waals surface area contributed by atoms with E-state index in [1.54, 1.807) is 9.80 Å². The number of quaternary nitrogens is 2. The lowest BCUT2D eigenvalue weighted by molar-refractivity contribution is -0.894. The minimum absolute atomic E-state index is 0. The van der Waals surface area contributed by atoms with E-state index in [-0.39, 0.29) is 34.0 Å². The molecule has 0 bridgehead atoms. The highest BCUT2D eigenvalue weighted by Crippen LogP contribution is 1.76. The normalized spacial score (nSPS) is 8.70. The van der Waals surface area contributed by atoms with Crippen LogP contribution in [0.1, 0.15) is 68.2 Å². The smallest absolute Gasteiger partial charge is 0.0742 e. The Labute approximate surface area is 151 Å². The molecule has 0 aliphatic carbocycles. The molecule has 0 saturated heterocycles. The lowest BCUT2D eigenvalue weighted by Gasteiger charge is -2.10. The molecule has 0 aliphatic heterocycles. The molecule has 0 heterocycles. The second-order valence-corrected chi connectivity index (χ2v) is 4.62. The third-order valence-electron chi connectivity index (χ3n) is 3.50. The number of rotatable bonds is 7. The fraction of sp³-hybridized carbons (Fsp3) is 1.00. The summed E-state index contributed by atoms with van der Waals surface area (Å²) in [7, 11) is 0. The maximum Gasteiger partial charge on any atom is 0.0742 e. The minimum Gasteiger partial charge on any atom is -1.00 e. The number of halogens is 2. The molecule has 0 atom stereocenters. The first-order valence-electron chi connectivity index (χ1n) is 8.28. The van der Waals surface area contributed by atoms with Crippen LogP contribution < -0.4 is 43.8 Å². The molecule has 2 N–H and O–H groups in total. The van der Waals surface area contributed by atoms with Crippen LogP contribution in [0.2, 0.25) is 0 Å². The molecule has 0 rings (SSSR count). The van der Waals surface area contributed by atoms with Crippen molar-refractivity contribution < 1.29 is 43.8 Å². The van der Waals surface area contributed by atoms with Crippen molar-refractivity contribution in [1.82, 2.24) is 0 Å². The predicted octanol–water partition coefficient (Wildman–Crippen LogP) is -4.32. The molecule has 130 valence electrons. The quantitative estimate of drug-likeness (QED) is 0.411. The zero-order valence-corrected chi connectivity index (χ0v) is 18.6. The summed E-state index contributed by atoms with van der Waals surface area (Å²) >= 11 is 0. The molecule has 0 aromatic rings. The standard InChI is InChI=1S/2C6H15N.C4H10.2BrH/c2*1-4-7(5-2)6-3;1-3-4-2;;/h2*4-6H2,1-3H3;3-4H2,1-2H3;2*1H. The Morgan fingerprint density at radius 1 is 0.400 bits per heavy atom. The molecular formula is C16H42Br2N2. The van der Waals surface area contributed by atoms with Crippen LogP contribution in [0.5, 0.6) is 0 Å². The van der Waals surface area contributed by atoms with Crippen molar-refractivity contribution in [3.05, 3.63) is 0 Å². The van der Waals surface area contributed by atoms with E-state index < -0.39 is 0 Å². The van der Waals surface area contributed by atoms with Crippen LogP contribution in [0.3, 0.4) is 0 Å². The molecule has 0 spiro atoms. The van der Waals surface area contributed by atoms with Gasteiger partial charge >= 0.3 is 0 Å². The van der Waals surface area contributed by atoms with E-state index in [9.17, 15) is 0 Å². The molecule has 0 aromatic carbocycles. The maximum absolute atomic E-state index is 2.22. The van der Waals surface area contributed by atoms with Gasteiger partial charge in [-0.3, -0.25) is 0 Å². The van der Waals surface area contributed by atoms with Gasteiger partial charge < -0.3 is 43.8 Å². The Kier molecular flexibility index (Phi) is 52.4. The van der Waals surface area contributed by atoms with Gasteiger partial charge in [0.15, 0.2) is 0 Å². The fourth-order valence-electron chi connectivity index (χ4n) is 1.50. The van der Waals surface area contributed by atoms with Crippen LogP contribution in [-0.4, -0.2) is 39.3 Å². The summed E-state index contributed by atoms with van der Waals surface area (Å²) in [5, 5.41) is 0. The molecule has 0 amide bonds. The highest BCUT2D eigenvalue weighted by Gasteiger charge is 1.93. The Morgan fingerprint density at radius 2 is 0.550 bits per heavy atom. The van der Waals surface area contributed by atoms with Gasteiger partial charge in [-0.05, 0) is 41.5 Å². The van der Waals surface area contributed by atoms with Crippen molar-refractivity contribution in [1.29, 1.82) is 0 Å². The number of unbranched alkanes of at least 4 members (excludes halogenated alkanes) is 1. The van der Waals surface area contributed by atoms with Crippen LogP contribution in [-0.2, 0) is 0 Å². The first kappa shape index (κ1) is 32.7. The first-order chi connectivity index (χ1) is 8.61. The lowest BCUT2D eigenvalue weighted by atomic mass is 10.4. The Balaban J connectivity index is -0.0000000555. The summed E-state index contributed by atoms with van der Waals surface area (Å²) in [5.41, 5.74) is 0. The van der Waals surface area contributed by atoms with Gasteiger partial charge in [0.2, 0.25) is 0 Å². The van der Waals surface area contributed by atoms with Crippen molar-refractivity contribution in [2.75, 3.05) is 39.3 Å².